The van der Waals surface area contributed by atoms with Crippen molar-refractivity contribution in [3.63, 3.8) is 0 Å². The summed E-state index contributed by atoms with van der Waals surface area (Å²) < 4.78 is 4.67. The molecule has 0 bridgehead atoms. The highest BCUT2D eigenvalue weighted by Crippen LogP contribution is 2.35. The Morgan fingerprint density at radius 2 is 2.25 bits per heavy atom. The van der Waals surface area contributed by atoms with Gasteiger partial charge in [-0.15, -0.1) is 11.3 Å². The lowest BCUT2D eigenvalue weighted by atomic mass is 10.2. The van der Waals surface area contributed by atoms with Crippen molar-refractivity contribution in [1.29, 1.82) is 0 Å². The molecule has 0 saturated heterocycles. The Kier molecular flexibility index (Phi) is 3.08. The van der Waals surface area contributed by atoms with E-state index in [9.17, 15) is 4.79 Å². The van der Waals surface area contributed by atoms with Gasteiger partial charge in [0.05, 0.1) is 7.11 Å². The molecule has 0 fully saturated rings. The van der Waals surface area contributed by atoms with E-state index in [-0.39, 0.29) is 5.69 Å². The third-order valence-electron chi connectivity index (χ3n) is 2.88. The monoisotopic (exact) mass is 285 g/mol. The average Bonchev–Trinajstić information content (AvgIpc) is 2.92. The highest BCUT2D eigenvalue weighted by molar-refractivity contribution is 7.21. The number of hydrogen-bond acceptors (Lipinski definition) is 6. The minimum absolute atomic E-state index is 0.220. The summed E-state index contributed by atoms with van der Waals surface area (Å²) in [5.74, 6) is -0.491. The molecule has 3 aromatic rings. The van der Waals surface area contributed by atoms with Crippen molar-refractivity contribution in [2.24, 2.45) is 0 Å². The maximum atomic E-state index is 11.5. The van der Waals surface area contributed by atoms with Crippen molar-refractivity contribution in [3.8, 4) is 10.4 Å². The Labute approximate surface area is 119 Å². The lowest BCUT2D eigenvalue weighted by Crippen LogP contribution is -2.04. The zero-order valence-electron chi connectivity index (χ0n) is 10.7. The van der Waals surface area contributed by atoms with Crippen LogP contribution in [-0.4, -0.2) is 23.0 Å². The number of pyridine rings is 2. The van der Waals surface area contributed by atoms with Crippen LogP contribution < -0.4 is 5.73 Å². The standard InChI is InChI=1S/C14H11N3O2S/c1-19-14(18)11-6-10(15)9-5-12(20-13(9)17-11)8-3-2-4-16-7-8/h2-7H,1H3,(H2,15,17). The molecule has 0 aliphatic rings. The number of carbonyl (C=O) groups is 1. The number of nitrogen functional groups attached to an aromatic ring is 1. The molecule has 0 unspecified atom stereocenters. The number of hydrogen-bond donors (Lipinski definition) is 1. The number of nitrogens with zero attached hydrogens (tertiary/aromatic N) is 2. The summed E-state index contributed by atoms with van der Waals surface area (Å²) >= 11 is 1.47. The number of rotatable bonds is 2. The van der Waals surface area contributed by atoms with Gasteiger partial charge in [0, 0.05) is 33.9 Å². The molecule has 3 heterocycles. The maximum Gasteiger partial charge on any atom is 0.356 e. The first-order chi connectivity index (χ1) is 9.69. The fourth-order valence-electron chi connectivity index (χ4n) is 1.90. The number of carbonyl (C=O) groups excluding carboxylic acids is 1. The molecule has 0 aromatic carbocycles. The Hall–Kier alpha value is -2.47. The van der Waals surface area contributed by atoms with E-state index in [0.717, 1.165) is 15.8 Å². The SMILES string of the molecule is COC(=O)c1cc(N)c2cc(-c3cccnc3)sc2n1. The molecule has 0 aliphatic heterocycles. The fourth-order valence-corrected chi connectivity index (χ4v) is 2.95. The van der Waals surface area contributed by atoms with E-state index >= 15 is 0 Å². The molecule has 0 spiro atoms. The molecule has 6 heteroatoms. The second-order valence-corrected chi connectivity index (χ2v) is 5.19. The van der Waals surface area contributed by atoms with Gasteiger partial charge < -0.3 is 10.5 Å². The van der Waals surface area contributed by atoms with Crippen LogP contribution in [0.1, 0.15) is 10.5 Å². The molecule has 2 N–H and O–H groups in total. The number of aromatic nitrogens is 2. The normalized spacial score (nSPS) is 10.7. The number of nitrogens with two attached hydrogens (primary N) is 1. The van der Waals surface area contributed by atoms with Gasteiger partial charge in [0.25, 0.3) is 0 Å². The summed E-state index contributed by atoms with van der Waals surface area (Å²) in [6.07, 6.45) is 3.50. The predicted molar refractivity (Wildman–Crippen MR) is 78.6 cm³/mol. The molecule has 3 aromatic heterocycles. The fraction of sp³-hybridized carbons (Fsp3) is 0.0714. The van der Waals surface area contributed by atoms with Crippen LogP contribution in [0, 0.1) is 0 Å². The van der Waals surface area contributed by atoms with E-state index in [2.05, 4.69) is 14.7 Å². The Balaban J connectivity index is 2.16. The molecular formula is C14H11N3O2S. The van der Waals surface area contributed by atoms with E-state index in [0.29, 0.717) is 10.5 Å². The van der Waals surface area contributed by atoms with Crippen molar-refractivity contribution in [3.05, 3.63) is 42.4 Å². The number of methoxy groups -OCH3 is 1. The van der Waals surface area contributed by atoms with Crippen LogP contribution in [0.4, 0.5) is 5.69 Å². The lowest BCUT2D eigenvalue weighted by molar-refractivity contribution is 0.0594. The molecule has 0 amide bonds. The van der Waals surface area contributed by atoms with Gasteiger partial charge in [-0.3, -0.25) is 4.98 Å². The molecule has 100 valence electrons. The van der Waals surface area contributed by atoms with Gasteiger partial charge in [-0.1, -0.05) is 6.07 Å². The van der Waals surface area contributed by atoms with Crippen molar-refractivity contribution >= 4 is 33.2 Å². The third kappa shape index (κ3) is 2.10. The number of ether oxygens (including phenoxy) is 1. The van der Waals surface area contributed by atoms with Gasteiger partial charge in [0.1, 0.15) is 4.83 Å². The molecule has 0 radical (unpaired) electrons. The summed E-state index contributed by atoms with van der Waals surface area (Å²) in [6.45, 7) is 0. The second kappa shape index (κ2) is 4.90. The first-order valence-electron chi connectivity index (χ1n) is 5.88. The minimum atomic E-state index is -0.491. The molecule has 3 rings (SSSR count). The van der Waals surface area contributed by atoms with E-state index in [1.807, 2.05) is 18.2 Å². The summed E-state index contributed by atoms with van der Waals surface area (Å²) in [4.78, 5) is 21.7. The van der Waals surface area contributed by atoms with Gasteiger partial charge in [0.15, 0.2) is 5.69 Å². The second-order valence-electron chi connectivity index (χ2n) is 4.16. The van der Waals surface area contributed by atoms with Crippen molar-refractivity contribution in [2.45, 2.75) is 0 Å². The number of fused-ring (bicyclic) bond motifs is 1. The van der Waals surface area contributed by atoms with Crippen LogP contribution in [0.25, 0.3) is 20.7 Å². The van der Waals surface area contributed by atoms with Crippen LogP contribution >= 0.6 is 11.3 Å². The van der Waals surface area contributed by atoms with Crippen molar-refractivity contribution in [1.82, 2.24) is 9.97 Å². The Morgan fingerprint density at radius 3 is 2.95 bits per heavy atom. The zero-order chi connectivity index (χ0) is 14.1. The van der Waals surface area contributed by atoms with Crippen molar-refractivity contribution in [2.75, 3.05) is 12.8 Å². The van der Waals surface area contributed by atoms with Crippen LogP contribution in [0.2, 0.25) is 0 Å². The van der Waals surface area contributed by atoms with Crippen molar-refractivity contribution < 1.29 is 9.53 Å². The third-order valence-corrected chi connectivity index (χ3v) is 3.96. The topological polar surface area (TPSA) is 78.1 Å². The maximum absolute atomic E-state index is 11.5. The minimum Gasteiger partial charge on any atom is -0.464 e. The summed E-state index contributed by atoms with van der Waals surface area (Å²) in [5.41, 5.74) is 7.71. The van der Waals surface area contributed by atoms with Crippen LogP contribution in [0.5, 0.6) is 0 Å². The molecule has 20 heavy (non-hydrogen) atoms. The molecule has 0 aliphatic carbocycles. The van der Waals surface area contributed by atoms with Gasteiger partial charge in [0.2, 0.25) is 0 Å². The average molecular weight is 285 g/mol. The highest BCUT2D eigenvalue weighted by Gasteiger charge is 2.14. The summed E-state index contributed by atoms with van der Waals surface area (Å²) in [5, 5.41) is 0.835. The van der Waals surface area contributed by atoms with Crippen LogP contribution in [0.15, 0.2) is 36.7 Å². The molecule has 0 saturated carbocycles. The van der Waals surface area contributed by atoms with Gasteiger partial charge >= 0.3 is 5.97 Å². The van der Waals surface area contributed by atoms with E-state index < -0.39 is 5.97 Å². The molecule has 0 atom stereocenters. The van der Waals surface area contributed by atoms with E-state index in [4.69, 9.17) is 5.73 Å². The largest absolute Gasteiger partial charge is 0.464 e. The number of anilines is 1. The van der Waals surface area contributed by atoms with E-state index in [1.54, 1.807) is 12.4 Å². The summed E-state index contributed by atoms with van der Waals surface area (Å²) in [7, 11) is 1.32. The zero-order valence-corrected chi connectivity index (χ0v) is 11.5. The predicted octanol–water partition coefficient (Wildman–Crippen LogP) is 2.73. The highest BCUT2D eigenvalue weighted by atomic mass is 32.1. The van der Waals surface area contributed by atoms with Gasteiger partial charge in [-0.05, 0) is 18.2 Å². The van der Waals surface area contributed by atoms with Gasteiger partial charge in [-0.25, -0.2) is 9.78 Å². The van der Waals surface area contributed by atoms with Gasteiger partial charge in [-0.2, -0.15) is 0 Å². The van der Waals surface area contributed by atoms with E-state index in [1.165, 1.54) is 24.5 Å². The van der Waals surface area contributed by atoms with Crippen LogP contribution in [0.3, 0.4) is 0 Å². The van der Waals surface area contributed by atoms with Crippen LogP contribution in [-0.2, 0) is 4.74 Å². The smallest absolute Gasteiger partial charge is 0.356 e. The molecular weight excluding hydrogens is 274 g/mol. The first-order valence-corrected chi connectivity index (χ1v) is 6.69. The number of esters is 1. The Morgan fingerprint density at radius 1 is 1.40 bits per heavy atom. The summed E-state index contributed by atoms with van der Waals surface area (Å²) in [6, 6.07) is 7.33. The molecule has 5 nitrogen and oxygen atoms in total. The Bertz CT molecular complexity index is 784. The quantitative estimate of drug-likeness (QED) is 0.732. The lowest BCUT2D eigenvalue weighted by Gasteiger charge is -2.00. The number of thiophene rings is 1. The first kappa shape index (κ1) is 12.6.